The van der Waals surface area contributed by atoms with Crippen LogP contribution in [0.1, 0.15) is 83.5 Å². The molecule has 166 valence electrons. The van der Waals surface area contributed by atoms with Crippen molar-refractivity contribution in [1.82, 2.24) is 0 Å². The molecule has 0 saturated heterocycles. The zero-order valence-electron chi connectivity index (χ0n) is 19.3. The number of nitriles is 1. The van der Waals surface area contributed by atoms with Crippen molar-refractivity contribution in [2.75, 3.05) is 6.61 Å². The number of benzene rings is 2. The standard InChI is InChI=1S/C27H35NO3/c1-5-7-8-9-10-17-30-25-14-11-22(12-15-25)23-13-16-26(24(18-23)19-28)21(4)31-27(29)20(3)6-2/h11-16,18,20-21H,5-10,17H2,1-4H3. The van der Waals surface area contributed by atoms with Gasteiger partial charge in [0.1, 0.15) is 11.9 Å². The third kappa shape index (κ3) is 7.43. The molecule has 0 aliphatic carbocycles. The van der Waals surface area contributed by atoms with E-state index in [1.807, 2.05) is 63.2 Å². The maximum Gasteiger partial charge on any atom is 0.309 e. The van der Waals surface area contributed by atoms with Crippen LogP contribution in [0.25, 0.3) is 11.1 Å². The SMILES string of the molecule is CCCCCCCOc1ccc(-c2ccc(C(C)OC(=O)C(C)CC)c(C#N)c2)cc1. The first-order chi connectivity index (χ1) is 15.0. The zero-order chi connectivity index (χ0) is 22.6. The highest BCUT2D eigenvalue weighted by Gasteiger charge is 2.19. The fraction of sp³-hybridized carbons (Fsp3) is 0.481. The second kappa shape index (κ2) is 12.8. The van der Waals surface area contributed by atoms with Crippen LogP contribution >= 0.6 is 0 Å². The fourth-order valence-electron chi connectivity index (χ4n) is 3.35. The predicted octanol–water partition coefficient (Wildman–Crippen LogP) is 7.22. The molecule has 0 radical (unpaired) electrons. The van der Waals surface area contributed by atoms with E-state index in [0.717, 1.165) is 41.9 Å². The number of unbranched alkanes of at least 4 members (excludes halogenated alkanes) is 4. The molecule has 0 aliphatic heterocycles. The lowest BCUT2D eigenvalue weighted by molar-refractivity contribution is -0.153. The van der Waals surface area contributed by atoms with Crippen molar-refractivity contribution in [1.29, 1.82) is 5.26 Å². The number of carbonyl (C=O) groups is 1. The molecule has 0 aliphatic rings. The van der Waals surface area contributed by atoms with Crippen LogP contribution in [0.2, 0.25) is 0 Å². The van der Waals surface area contributed by atoms with E-state index in [2.05, 4.69) is 13.0 Å². The summed E-state index contributed by atoms with van der Waals surface area (Å²) < 4.78 is 11.4. The van der Waals surface area contributed by atoms with E-state index in [4.69, 9.17) is 9.47 Å². The lowest BCUT2D eigenvalue weighted by Gasteiger charge is -2.18. The monoisotopic (exact) mass is 421 g/mol. The van der Waals surface area contributed by atoms with E-state index in [-0.39, 0.29) is 11.9 Å². The van der Waals surface area contributed by atoms with E-state index >= 15 is 0 Å². The summed E-state index contributed by atoms with van der Waals surface area (Å²) >= 11 is 0. The molecule has 0 saturated carbocycles. The van der Waals surface area contributed by atoms with E-state index < -0.39 is 6.10 Å². The third-order valence-corrected chi connectivity index (χ3v) is 5.62. The summed E-state index contributed by atoms with van der Waals surface area (Å²) in [5, 5.41) is 9.64. The van der Waals surface area contributed by atoms with Crippen molar-refractivity contribution in [3.63, 3.8) is 0 Å². The summed E-state index contributed by atoms with van der Waals surface area (Å²) in [5.74, 6) is 0.482. The van der Waals surface area contributed by atoms with Gasteiger partial charge in [-0.25, -0.2) is 0 Å². The Hall–Kier alpha value is -2.80. The van der Waals surface area contributed by atoms with Crippen molar-refractivity contribution in [3.05, 3.63) is 53.6 Å². The highest BCUT2D eigenvalue weighted by Crippen LogP contribution is 2.29. The van der Waals surface area contributed by atoms with Crippen molar-refractivity contribution < 1.29 is 14.3 Å². The van der Waals surface area contributed by atoms with Crippen LogP contribution in [0.5, 0.6) is 5.75 Å². The van der Waals surface area contributed by atoms with Gasteiger partial charge < -0.3 is 9.47 Å². The van der Waals surface area contributed by atoms with E-state index in [9.17, 15) is 10.1 Å². The van der Waals surface area contributed by atoms with Crippen molar-refractivity contribution in [3.8, 4) is 22.9 Å². The Labute approximate surface area is 187 Å². The maximum atomic E-state index is 12.1. The Balaban J connectivity index is 2.02. The number of rotatable bonds is 12. The molecular formula is C27H35NO3. The van der Waals surface area contributed by atoms with Gasteiger partial charge in [0, 0.05) is 5.56 Å². The molecular weight excluding hydrogens is 386 g/mol. The van der Waals surface area contributed by atoms with Crippen LogP contribution in [0.3, 0.4) is 0 Å². The van der Waals surface area contributed by atoms with Crippen LogP contribution in [0.4, 0.5) is 0 Å². The van der Waals surface area contributed by atoms with Crippen molar-refractivity contribution in [2.45, 2.75) is 72.3 Å². The van der Waals surface area contributed by atoms with Crippen molar-refractivity contribution >= 4 is 5.97 Å². The average Bonchev–Trinajstić information content (AvgIpc) is 2.80. The number of nitrogens with zero attached hydrogens (tertiary/aromatic N) is 1. The number of ether oxygens (including phenoxy) is 2. The van der Waals surface area contributed by atoms with Gasteiger partial charge in [-0.15, -0.1) is 0 Å². The van der Waals surface area contributed by atoms with Crippen LogP contribution in [0.15, 0.2) is 42.5 Å². The lowest BCUT2D eigenvalue weighted by atomic mass is 9.97. The molecule has 4 heteroatoms. The van der Waals surface area contributed by atoms with Crippen LogP contribution < -0.4 is 4.74 Å². The number of hydrogen-bond acceptors (Lipinski definition) is 4. The van der Waals surface area contributed by atoms with Crippen LogP contribution in [0, 0.1) is 17.2 Å². The minimum Gasteiger partial charge on any atom is -0.494 e. The van der Waals surface area contributed by atoms with Crippen LogP contribution in [-0.2, 0) is 9.53 Å². The molecule has 0 spiro atoms. The molecule has 0 heterocycles. The molecule has 0 bridgehead atoms. The summed E-state index contributed by atoms with van der Waals surface area (Å²) in [6.45, 7) is 8.57. The summed E-state index contributed by atoms with van der Waals surface area (Å²) in [7, 11) is 0. The second-order valence-electron chi connectivity index (χ2n) is 8.09. The Morgan fingerprint density at radius 3 is 2.29 bits per heavy atom. The summed E-state index contributed by atoms with van der Waals surface area (Å²) in [6.07, 6.45) is 6.36. The first kappa shape index (κ1) is 24.5. The minimum atomic E-state index is -0.460. The molecule has 2 aromatic rings. The van der Waals surface area contributed by atoms with Gasteiger partial charge in [-0.1, -0.05) is 70.7 Å². The third-order valence-electron chi connectivity index (χ3n) is 5.62. The Morgan fingerprint density at radius 1 is 0.968 bits per heavy atom. The largest absolute Gasteiger partial charge is 0.494 e. The van der Waals surface area contributed by atoms with Gasteiger partial charge in [0.2, 0.25) is 0 Å². The van der Waals surface area contributed by atoms with Gasteiger partial charge in [0.15, 0.2) is 0 Å². The van der Waals surface area contributed by atoms with E-state index in [1.165, 1.54) is 25.7 Å². The fourth-order valence-corrected chi connectivity index (χ4v) is 3.35. The van der Waals surface area contributed by atoms with Gasteiger partial charge in [-0.2, -0.15) is 5.26 Å². The lowest BCUT2D eigenvalue weighted by Crippen LogP contribution is -2.16. The summed E-state index contributed by atoms with van der Waals surface area (Å²) in [6, 6.07) is 15.9. The summed E-state index contributed by atoms with van der Waals surface area (Å²) in [5.41, 5.74) is 3.22. The molecule has 2 rings (SSSR count). The van der Waals surface area contributed by atoms with E-state index in [0.29, 0.717) is 5.56 Å². The van der Waals surface area contributed by atoms with Crippen molar-refractivity contribution in [2.24, 2.45) is 5.92 Å². The first-order valence-electron chi connectivity index (χ1n) is 11.5. The first-order valence-corrected chi connectivity index (χ1v) is 11.5. The molecule has 2 unspecified atom stereocenters. The number of hydrogen-bond donors (Lipinski definition) is 0. The molecule has 0 aromatic heterocycles. The van der Waals surface area contributed by atoms with Gasteiger partial charge in [0.25, 0.3) is 0 Å². The smallest absolute Gasteiger partial charge is 0.309 e. The zero-order valence-corrected chi connectivity index (χ0v) is 19.3. The predicted molar refractivity (Wildman–Crippen MR) is 125 cm³/mol. The van der Waals surface area contributed by atoms with Crippen LogP contribution in [-0.4, -0.2) is 12.6 Å². The Morgan fingerprint density at radius 2 is 1.65 bits per heavy atom. The molecule has 2 aromatic carbocycles. The number of carbonyl (C=O) groups excluding carboxylic acids is 1. The quantitative estimate of drug-likeness (QED) is 0.268. The van der Waals surface area contributed by atoms with Gasteiger partial charge in [-0.3, -0.25) is 4.79 Å². The molecule has 31 heavy (non-hydrogen) atoms. The molecule has 0 fully saturated rings. The molecule has 2 atom stereocenters. The highest BCUT2D eigenvalue weighted by molar-refractivity contribution is 5.72. The highest BCUT2D eigenvalue weighted by atomic mass is 16.5. The van der Waals surface area contributed by atoms with Gasteiger partial charge in [0.05, 0.1) is 24.2 Å². The van der Waals surface area contributed by atoms with Gasteiger partial charge >= 0.3 is 5.97 Å². The van der Waals surface area contributed by atoms with E-state index in [1.54, 1.807) is 0 Å². The number of esters is 1. The summed E-state index contributed by atoms with van der Waals surface area (Å²) in [4.78, 5) is 12.1. The maximum absolute atomic E-state index is 12.1. The second-order valence-corrected chi connectivity index (χ2v) is 8.09. The van der Waals surface area contributed by atoms with Gasteiger partial charge in [-0.05, 0) is 49.1 Å². The molecule has 0 N–H and O–H groups in total. The molecule has 0 amide bonds. The Kier molecular flexibility index (Phi) is 10.1. The minimum absolute atomic E-state index is 0.149. The topological polar surface area (TPSA) is 59.3 Å². The molecule has 4 nitrogen and oxygen atoms in total. The normalized spacial score (nSPS) is 12.6. The Bertz CT molecular complexity index is 867. The average molecular weight is 422 g/mol.